The molecule has 1 spiro atoms. The lowest BCUT2D eigenvalue weighted by molar-refractivity contribution is -0.136. The molecule has 5 atom stereocenters. The Labute approximate surface area is 137 Å². The van der Waals surface area contributed by atoms with Crippen LogP contribution in [0.2, 0.25) is 0 Å². The van der Waals surface area contributed by atoms with Crippen molar-refractivity contribution in [3.8, 4) is 0 Å². The predicted octanol–water partition coefficient (Wildman–Crippen LogP) is 3.82. The molecule has 0 aromatic heterocycles. The standard InChI is InChI=1S/C20H26O3/c1-18-6-5-15-19(2)7-3-12-13(10-23-17(12)22)14(19)4-8-20(15,11-18)9-16(18)21/h14-15H,3-11H2,1-2H3/t14-,15+,18+,19-,20+/m1/s1. The van der Waals surface area contributed by atoms with E-state index in [1.807, 2.05) is 0 Å². The number of cyclic esters (lactones) is 1. The Morgan fingerprint density at radius 1 is 1.09 bits per heavy atom. The molecule has 3 saturated carbocycles. The molecule has 3 fully saturated rings. The quantitative estimate of drug-likeness (QED) is 0.639. The number of Topliss-reactive ketones (excluding diaryl/α,β-unsaturated/α-hetero) is 1. The molecule has 4 aliphatic carbocycles. The van der Waals surface area contributed by atoms with Crippen molar-refractivity contribution in [2.45, 2.75) is 65.2 Å². The third-order valence-corrected chi connectivity index (χ3v) is 8.50. The summed E-state index contributed by atoms with van der Waals surface area (Å²) in [4.78, 5) is 24.6. The van der Waals surface area contributed by atoms with Crippen molar-refractivity contribution in [3.63, 3.8) is 0 Å². The van der Waals surface area contributed by atoms with Gasteiger partial charge in [-0.05, 0) is 73.2 Å². The Bertz CT molecular complexity index is 662. The molecule has 2 bridgehead atoms. The zero-order chi connectivity index (χ0) is 16.0. The number of fused-ring (bicyclic) bond motifs is 4. The van der Waals surface area contributed by atoms with Gasteiger partial charge in [-0.1, -0.05) is 13.8 Å². The average Bonchev–Trinajstić information content (AvgIpc) is 2.94. The van der Waals surface area contributed by atoms with Crippen LogP contribution in [0.1, 0.15) is 65.2 Å². The number of esters is 1. The number of hydrogen-bond donors (Lipinski definition) is 0. The number of ether oxygens (including phenoxy) is 1. The van der Waals surface area contributed by atoms with Gasteiger partial charge >= 0.3 is 5.97 Å². The van der Waals surface area contributed by atoms with Crippen LogP contribution >= 0.6 is 0 Å². The van der Waals surface area contributed by atoms with E-state index in [4.69, 9.17) is 4.74 Å². The van der Waals surface area contributed by atoms with Gasteiger partial charge in [0, 0.05) is 17.4 Å². The summed E-state index contributed by atoms with van der Waals surface area (Å²) in [6.45, 7) is 5.20. The molecule has 0 aromatic rings. The highest BCUT2D eigenvalue weighted by Gasteiger charge is 2.66. The predicted molar refractivity (Wildman–Crippen MR) is 85.6 cm³/mol. The second-order valence-electron chi connectivity index (χ2n) is 9.47. The number of carbonyl (C=O) groups is 2. The van der Waals surface area contributed by atoms with Crippen LogP contribution in [0.5, 0.6) is 0 Å². The molecule has 23 heavy (non-hydrogen) atoms. The molecule has 0 aromatic carbocycles. The summed E-state index contributed by atoms with van der Waals surface area (Å²) in [7, 11) is 0. The van der Waals surface area contributed by atoms with Gasteiger partial charge in [0.1, 0.15) is 12.4 Å². The fourth-order valence-electron chi connectivity index (χ4n) is 7.44. The smallest absolute Gasteiger partial charge is 0.334 e. The largest absolute Gasteiger partial charge is 0.458 e. The van der Waals surface area contributed by atoms with Gasteiger partial charge in [-0.25, -0.2) is 4.79 Å². The Balaban J connectivity index is 1.57. The normalized spacial score (nSPS) is 51.2. The number of ketones is 1. The molecule has 0 radical (unpaired) electrons. The Morgan fingerprint density at radius 2 is 1.91 bits per heavy atom. The Kier molecular flexibility index (Phi) is 2.54. The van der Waals surface area contributed by atoms with E-state index < -0.39 is 0 Å². The van der Waals surface area contributed by atoms with E-state index in [0.29, 0.717) is 24.2 Å². The van der Waals surface area contributed by atoms with Crippen molar-refractivity contribution in [1.82, 2.24) is 0 Å². The van der Waals surface area contributed by atoms with Crippen LogP contribution in [0.15, 0.2) is 11.1 Å². The van der Waals surface area contributed by atoms with E-state index in [-0.39, 0.29) is 22.2 Å². The zero-order valence-electron chi connectivity index (χ0n) is 14.2. The SMILES string of the molecule is C[C@@]12CC[C@@H]3[C@@](CC[C@@H]4C5=C(CC[C@]43C)C(=O)OC5)(CC1=O)C2. The van der Waals surface area contributed by atoms with Crippen LogP contribution in [-0.2, 0) is 14.3 Å². The van der Waals surface area contributed by atoms with Crippen LogP contribution < -0.4 is 0 Å². The summed E-state index contributed by atoms with van der Waals surface area (Å²) in [5.74, 6) is 1.62. The first-order valence-corrected chi connectivity index (χ1v) is 9.30. The van der Waals surface area contributed by atoms with E-state index >= 15 is 0 Å². The summed E-state index contributed by atoms with van der Waals surface area (Å²) < 4.78 is 5.36. The molecule has 1 aliphatic heterocycles. The molecule has 3 nitrogen and oxygen atoms in total. The number of carbonyl (C=O) groups excluding carboxylic acids is 2. The Morgan fingerprint density at radius 3 is 2.74 bits per heavy atom. The van der Waals surface area contributed by atoms with Crippen molar-refractivity contribution in [1.29, 1.82) is 0 Å². The summed E-state index contributed by atoms with van der Waals surface area (Å²) in [5.41, 5.74) is 2.79. The van der Waals surface area contributed by atoms with Gasteiger partial charge in [-0.15, -0.1) is 0 Å². The van der Waals surface area contributed by atoms with Gasteiger partial charge in [-0.3, -0.25) is 4.79 Å². The number of hydrogen-bond acceptors (Lipinski definition) is 3. The first-order chi connectivity index (χ1) is 10.9. The van der Waals surface area contributed by atoms with Crippen LogP contribution in [0.3, 0.4) is 0 Å². The summed E-state index contributed by atoms with van der Waals surface area (Å²) in [5, 5.41) is 0. The van der Waals surface area contributed by atoms with Gasteiger partial charge in [-0.2, -0.15) is 0 Å². The highest BCUT2D eigenvalue weighted by atomic mass is 16.5. The molecule has 0 amide bonds. The first kappa shape index (κ1) is 14.2. The fraction of sp³-hybridized carbons (Fsp3) is 0.800. The maximum atomic E-state index is 12.6. The lowest BCUT2D eigenvalue weighted by atomic mass is 9.44. The van der Waals surface area contributed by atoms with Gasteiger partial charge in [0.15, 0.2) is 0 Å². The molecule has 124 valence electrons. The van der Waals surface area contributed by atoms with Crippen molar-refractivity contribution in [2.24, 2.45) is 28.1 Å². The Hall–Kier alpha value is -1.12. The van der Waals surface area contributed by atoms with Crippen LogP contribution in [0.4, 0.5) is 0 Å². The molecule has 3 heteroatoms. The topological polar surface area (TPSA) is 43.4 Å². The van der Waals surface area contributed by atoms with E-state index in [0.717, 1.165) is 44.1 Å². The van der Waals surface area contributed by atoms with Crippen molar-refractivity contribution in [3.05, 3.63) is 11.1 Å². The molecule has 5 rings (SSSR count). The van der Waals surface area contributed by atoms with Gasteiger partial charge < -0.3 is 4.74 Å². The minimum Gasteiger partial charge on any atom is -0.458 e. The van der Waals surface area contributed by atoms with E-state index in [1.165, 1.54) is 18.4 Å². The van der Waals surface area contributed by atoms with Crippen LogP contribution in [0, 0.1) is 28.1 Å². The van der Waals surface area contributed by atoms with E-state index in [1.54, 1.807) is 0 Å². The molecule has 5 aliphatic rings. The third kappa shape index (κ3) is 1.57. The molecular formula is C20H26O3. The maximum Gasteiger partial charge on any atom is 0.334 e. The van der Waals surface area contributed by atoms with Crippen LogP contribution in [-0.4, -0.2) is 18.4 Å². The summed E-state index contributed by atoms with van der Waals surface area (Å²) in [6.07, 6.45) is 8.51. The maximum absolute atomic E-state index is 12.6. The van der Waals surface area contributed by atoms with Crippen molar-refractivity contribution >= 4 is 11.8 Å². The average molecular weight is 314 g/mol. The molecule has 1 heterocycles. The van der Waals surface area contributed by atoms with E-state index in [2.05, 4.69) is 13.8 Å². The lowest BCUT2D eigenvalue weighted by Gasteiger charge is -2.60. The van der Waals surface area contributed by atoms with E-state index in [9.17, 15) is 9.59 Å². The molecule has 0 N–H and O–H groups in total. The molecule has 0 saturated heterocycles. The van der Waals surface area contributed by atoms with Gasteiger partial charge in [0.2, 0.25) is 0 Å². The van der Waals surface area contributed by atoms with Crippen molar-refractivity contribution in [2.75, 3.05) is 6.61 Å². The van der Waals surface area contributed by atoms with Gasteiger partial charge in [0.05, 0.1) is 0 Å². The van der Waals surface area contributed by atoms with Crippen LogP contribution in [0.25, 0.3) is 0 Å². The lowest BCUT2D eigenvalue weighted by Crippen LogP contribution is -2.52. The second-order valence-corrected chi connectivity index (χ2v) is 9.47. The summed E-state index contributed by atoms with van der Waals surface area (Å²) >= 11 is 0. The highest BCUT2D eigenvalue weighted by molar-refractivity contribution is 5.92. The first-order valence-electron chi connectivity index (χ1n) is 9.30. The van der Waals surface area contributed by atoms with Crippen molar-refractivity contribution < 1.29 is 14.3 Å². The highest BCUT2D eigenvalue weighted by Crippen LogP contribution is 2.71. The fourth-order valence-corrected chi connectivity index (χ4v) is 7.44. The third-order valence-electron chi connectivity index (χ3n) is 8.50. The molecule has 0 unspecified atom stereocenters. The second kappa shape index (κ2) is 4.10. The summed E-state index contributed by atoms with van der Waals surface area (Å²) in [6, 6.07) is 0. The monoisotopic (exact) mass is 314 g/mol. The minimum atomic E-state index is -0.0606. The number of rotatable bonds is 0. The minimum absolute atomic E-state index is 0.0365. The van der Waals surface area contributed by atoms with Gasteiger partial charge in [0.25, 0.3) is 0 Å². The molecular weight excluding hydrogens is 288 g/mol. The zero-order valence-corrected chi connectivity index (χ0v) is 14.2.